The highest BCUT2D eigenvalue weighted by Gasteiger charge is 2.16. The highest BCUT2D eigenvalue weighted by atomic mass is 32.1. The third-order valence-corrected chi connectivity index (χ3v) is 10.3. The summed E-state index contributed by atoms with van der Waals surface area (Å²) < 4.78 is 5.01. The number of thiophene rings is 1. The van der Waals surface area contributed by atoms with Gasteiger partial charge in [-0.05, 0) is 96.8 Å². The first-order valence-electron chi connectivity index (χ1n) is 15.6. The Bertz CT molecular complexity index is 2610. The Morgan fingerprint density at radius 1 is 0.522 bits per heavy atom. The van der Waals surface area contributed by atoms with E-state index in [1.165, 1.54) is 64.2 Å². The van der Waals surface area contributed by atoms with Crippen LogP contribution in [0.5, 0.6) is 0 Å². The summed E-state index contributed by atoms with van der Waals surface area (Å²) in [5.41, 5.74) is 11.6. The van der Waals surface area contributed by atoms with Gasteiger partial charge in [-0.1, -0.05) is 72.8 Å². The van der Waals surface area contributed by atoms with Gasteiger partial charge in [0.25, 0.3) is 0 Å². The summed E-state index contributed by atoms with van der Waals surface area (Å²) in [6, 6.07) is 47.9. The molecule has 4 heteroatoms. The molecule has 6 aromatic carbocycles. The van der Waals surface area contributed by atoms with Crippen molar-refractivity contribution in [2.45, 2.75) is 13.8 Å². The summed E-state index contributed by atoms with van der Waals surface area (Å²) in [6.07, 6.45) is 1.86. The van der Waals surface area contributed by atoms with E-state index in [2.05, 4.69) is 151 Å². The topological polar surface area (TPSA) is 30.7 Å². The average Bonchev–Trinajstić information content (AvgIpc) is 3.62. The Kier molecular flexibility index (Phi) is 6.12. The molecule has 0 aliphatic carbocycles. The van der Waals surface area contributed by atoms with Gasteiger partial charge in [-0.3, -0.25) is 0 Å². The van der Waals surface area contributed by atoms with Crippen LogP contribution in [0.25, 0.3) is 81.4 Å². The first-order valence-corrected chi connectivity index (χ1v) is 16.4. The largest absolute Gasteiger partial charge is 0.309 e. The van der Waals surface area contributed by atoms with E-state index in [4.69, 9.17) is 4.98 Å². The van der Waals surface area contributed by atoms with Gasteiger partial charge in [0.15, 0.2) is 5.82 Å². The highest BCUT2D eigenvalue weighted by Crippen LogP contribution is 2.40. The fourth-order valence-corrected chi connectivity index (χ4v) is 8.00. The number of rotatable bonds is 4. The second-order valence-corrected chi connectivity index (χ2v) is 13.1. The Balaban J connectivity index is 1.10. The van der Waals surface area contributed by atoms with Crippen molar-refractivity contribution in [3.05, 3.63) is 151 Å². The lowest BCUT2D eigenvalue weighted by Gasteiger charge is -2.12. The van der Waals surface area contributed by atoms with Crippen molar-refractivity contribution in [2.24, 2.45) is 0 Å². The zero-order valence-corrected chi connectivity index (χ0v) is 26.3. The minimum atomic E-state index is 0.721. The summed E-state index contributed by atoms with van der Waals surface area (Å²) in [6.45, 7) is 4.34. The van der Waals surface area contributed by atoms with Crippen molar-refractivity contribution in [1.82, 2.24) is 14.5 Å². The van der Waals surface area contributed by atoms with Gasteiger partial charge < -0.3 is 4.57 Å². The lowest BCUT2D eigenvalue weighted by molar-refractivity contribution is 1.16. The first-order chi connectivity index (χ1) is 22.6. The Hall–Kier alpha value is -5.58. The molecule has 0 atom stereocenters. The smallest absolute Gasteiger partial charge is 0.159 e. The van der Waals surface area contributed by atoms with Crippen molar-refractivity contribution >= 4 is 53.3 Å². The molecule has 0 amide bonds. The lowest BCUT2D eigenvalue weighted by Crippen LogP contribution is -1.95. The monoisotopic (exact) mass is 607 g/mol. The quantitative estimate of drug-likeness (QED) is 0.199. The van der Waals surface area contributed by atoms with E-state index in [1.807, 2.05) is 23.6 Å². The summed E-state index contributed by atoms with van der Waals surface area (Å²) >= 11 is 1.86. The lowest BCUT2D eigenvalue weighted by atomic mass is 9.94. The van der Waals surface area contributed by atoms with E-state index in [-0.39, 0.29) is 0 Å². The fraction of sp³-hybridized carbons (Fsp3) is 0.0476. The Morgan fingerprint density at radius 3 is 2.11 bits per heavy atom. The van der Waals surface area contributed by atoms with Crippen LogP contribution >= 0.6 is 11.3 Å². The Morgan fingerprint density at radius 2 is 1.26 bits per heavy atom. The van der Waals surface area contributed by atoms with Crippen molar-refractivity contribution in [3.8, 4) is 39.5 Å². The van der Waals surface area contributed by atoms with Crippen LogP contribution in [0.4, 0.5) is 0 Å². The molecule has 9 aromatic rings. The molecule has 0 aliphatic rings. The van der Waals surface area contributed by atoms with Crippen LogP contribution in [0.1, 0.15) is 11.1 Å². The van der Waals surface area contributed by atoms with Crippen molar-refractivity contribution in [3.63, 3.8) is 0 Å². The molecular weight excluding hydrogens is 579 g/mol. The van der Waals surface area contributed by atoms with Gasteiger partial charge in [0.1, 0.15) is 0 Å². The van der Waals surface area contributed by atoms with Gasteiger partial charge in [-0.2, -0.15) is 0 Å². The van der Waals surface area contributed by atoms with Crippen molar-refractivity contribution in [2.75, 3.05) is 0 Å². The third-order valence-electron chi connectivity index (χ3n) is 9.17. The van der Waals surface area contributed by atoms with Gasteiger partial charge in [-0.15, -0.1) is 11.3 Å². The van der Waals surface area contributed by atoms with E-state index < -0.39 is 0 Å². The molecule has 3 nitrogen and oxygen atoms in total. The van der Waals surface area contributed by atoms with Crippen molar-refractivity contribution in [1.29, 1.82) is 0 Å². The summed E-state index contributed by atoms with van der Waals surface area (Å²) in [5, 5.41) is 5.18. The minimum Gasteiger partial charge on any atom is -0.309 e. The second kappa shape index (κ2) is 10.5. The molecule has 0 spiro atoms. The normalized spacial score (nSPS) is 11.7. The van der Waals surface area contributed by atoms with Gasteiger partial charge in [0.05, 0.1) is 16.7 Å². The maximum absolute atomic E-state index is 5.00. The number of hydrogen-bond donors (Lipinski definition) is 0. The molecule has 218 valence electrons. The van der Waals surface area contributed by atoms with Crippen molar-refractivity contribution < 1.29 is 0 Å². The minimum absolute atomic E-state index is 0.721. The molecule has 0 fully saturated rings. The van der Waals surface area contributed by atoms with Crippen LogP contribution in [0.3, 0.4) is 0 Å². The molecular formula is C42H29N3S. The first kappa shape index (κ1) is 26.8. The fourth-order valence-electron chi connectivity index (χ4n) is 6.88. The number of para-hydroxylation sites is 1. The molecule has 3 heterocycles. The summed E-state index contributed by atoms with van der Waals surface area (Å²) in [4.78, 5) is 9.67. The molecule has 3 aromatic heterocycles. The molecule has 0 unspecified atom stereocenters. The molecule has 0 aliphatic heterocycles. The molecule has 0 radical (unpaired) electrons. The zero-order valence-electron chi connectivity index (χ0n) is 25.5. The van der Waals surface area contributed by atoms with Gasteiger partial charge in [0, 0.05) is 54.0 Å². The number of hydrogen-bond acceptors (Lipinski definition) is 3. The van der Waals surface area contributed by atoms with E-state index in [0.717, 1.165) is 28.3 Å². The number of nitrogens with zero attached hydrogens (tertiary/aromatic N) is 3. The maximum atomic E-state index is 5.00. The van der Waals surface area contributed by atoms with E-state index >= 15 is 0 Å². The standard InChI is InChI=1S/C42H29N3S/c1-26-9-3-4-10-31(26)32-20-17-29(23-27(32)2)37-21-22-43-42(44-37)28-15-18-30(19-16-28)45-38-13-7-5-11-33(38)35-24-36-34-12-6-8-14-40(34)46-41(36)25-39(35)45/h3-25H,1-2H3. The summed E-state index contributed by atoms with van der Waals surface area (Å²) in [5.74, 6) is 0.721. The Labute approximate surface area is 271 Å². The summed E-state index contributed by atoms with van der Waals surface area (Å²) in [7, 11) is 0. The maximum Gasteiger partial charge on any atom is 0.159 e. The second-order valence-electron chi connectivity index (χ2n) is 12.0. The van der Waals surface area contributed by atoms with Gasteiger partial charge in [-0.25, -0.2) is 9.97 Å². The van der Waals surface area contributed by atoms with Crippen LogP contribution < -0.4 is 0 Å². The SMILES string of the molecule is Cc1ccccc1-c1ccc(-c2ccnc(-c3ccc(-n4c5ccccc5c5cc6c(cc54)sc4ccccc46)cc3)n2)cc1C. The number of aromatic nitrogens is 3. The highest BCUT2D eigenvalue weighted by molar-refractivity contribution is 7.25. The predicted octanol–water partition coefficient (Wildman–Crippen LogP) is 11.6. The number of aryl methyl sites for hydroxylation is 2. The van der Waals surface area contributed by atoms with E-state index in [9.17, 15) is 0 Å². The van der Waals surface area contributed by atoms with Crippen LogP contribution in [-0.2, 0) is 0 Å². The molecule has 0 saturated carbocycles. The van der Waals surface area contributed by atoms with Gasteiger partial charge >= 0.3 is 0 Å². The number of fused-ring (bicyclic) bond motifs is 6. The zero-order chi connectivity index (χ0) is 30.8. The van der Waals surface area contributed by atoms with Crippen LogP contribution in [0.2, 0.25) is 0 Å². The molecule has 0 N–H and O–H groups in total. The average molecular weight is 608 g/mol. The molecule has 0 bridgehead atoms. The van der Waals surface area contributed by atoms with E-state index in [1.54, 1.807) is 0 Å². The number of benzene rings is 6. The van der Waals surface area contributed by atoms with Crippen LogP contribution in [0.15, 0.2) is 140 Å². The van der Waals surface area contributed by atoms with E-state index in [0.29, 0.717) is 0 Å². The van der Waals surface area contributed by atoms with Gasteiger partial charge in [0.2, 0.25) is 0 Å². The molecule has 9 rings (SSSR count). The van der Waals surface area contributed by atoms with Crippen LogP contribution in [0, 0.1) is 13.8 Å². The third kappa shape index (κ3) is 4.26. The predicted molar refractivity (Wildman–Crippen MR) is 195 cm³/mol. The molecule has 46 heavy (non-hydrogen) atoms. The molecule has 0 saturated heterocycles. The van der Waals surface area contributed by atoms with Crippen LogP contribution in [-0.4, -0.2) is 14.5 Å².